The van der Waals surface area contributed by atoms with Gasteiger partial charge in [-0.05, 0) is 78.7 Å². The number of carbonyl (C=O) groups is 2. The van der Waals surface area contributed by atoms with Gasteiger partial charge in [0.1, 0.15) is 6.04 Å². The van der Waals surface area contributed by atoms with E-state index >= 15 is 0 Å². The molecule has 5 fully saturated rings. The molecule has 198 valence electrons. The fourth-order valence-corrected chi connectivity index (χ4v) is 7.21. The number of rotatable bonds is 5. The van der Waals surface area contributed by atoms with Crippen LogP contribution in [-0.4, -0.2) is 140 Å². The molecule has 5 aliphatic heterocycles. The van der Waals surface area contributed by atoms with Gasteiger partial charge in [0.25, 0.3) is 0 Å². The molecule has 5 rings (SSSR count). The average Bonchev–Trinajstić information content (AvgIpc) is 3.30. The Hall–Kier alpha value is -1.26. The largest absolute Gasteiger partial charge is 0.353 e. The zero-order valence-electron chi connectivity index (χ0n) is 22.0. The summed E-state index contributed by atoms with van der Waals surface area (Å²) in [5, 5.41) is 6.88. The monoisotopic (exact) mass is 489 g/mol. The molecule has 0 saturated carbocycles. The molecular formula is C26H47N7O2. The third-order valence-electron chi connectivity index (χ3n) is 9.53. The highest BCUT2D eigenvalue weighted by Gasteiger charge is 2.47. The summed E-state index contributed by atoms with van der Waals surface area (Å²) in [4.78, 5) is 38.1. The number of likely N-dealkylation sites (tertiary alicyclic amines) is 2. The van der Waals surface area contributed by atoms with Crippen LogP contribution in [0.25, 0.3) is 0 Å². The van der Waals surface area contributed by atoms with Crippen LogP contribution in [0.2, 0.25) is 0 Å². The fraction of sp³-hybridized carbons (Fsp3) is 0.923. The predicted octanol–water partition coefficient (Wildman–Crippen LogP) is -0.0223. The Morgan fingerprint density at radius 3 is 2.43 bits per heavy atom. The van der Waals surface area contributed by atoms with Crippen LogP contribution in [-0.2, 0) is 9.59 Å². The second kappa shape index (κ2) is 11.4. The number of likely N-dealkylation sites (N-methyl/N-ethyl adjacent to an activating group) is 1. The maximum absolute atomic E-state index is 13.2. The third-order valence-corrected chi connectivity index (χ3v) is 9.53. The molecule has 0 aliphatic carbocycles. The Bertz CT molecular complexity index is 729. The molecule has 0 spiro atoms. The summed E-state index contributed by atoms with van der Waals surface area (Å²) in [7, 11) is 4.37. The molecule has 35 heavy (non-hydrogen) atoms. The van der Waals surface area contributed by atoms with Gasteiger partial charge < -0.3 is 20.4 Å². The average molecular weight is 490 g/mol. The van der Waals surface area contributed by atoms with E-state index in [9.17, 15) is 9.59 Å². The molecule has 4 unspecified atom stereocenters. The van der Waals surface area contributed by atoms with E-state index in [0.29, 0.717) is 25.2 Å². The number of carbonyl (C=O) groups excluding carboxylic acids is 2. The van der Waals surface area contributed by atoms with E-state index < -0.39 is 0 Å². The summed E-state index contributed by atoms with van der Waals surface area (Å²) in [6.45, 7) is 8.63. The van der Waals surface area contributed by atoms with E-state index in [1.54, 1.807) is 0 Å². The number of amides is 2. The molecule has 5 saturated heterocycles. The molecule has 9 nitrogen and oxygen atoms in total. The van der Waals surface area contributed by atoms with Gasteiger partial charge in [0.05, 0.1) is 6.17 Å². The van der Waals surface area contributed by atoms with Crippen LogP contribution < -0.4 is 10.6 Å². The molecule has 0 aromatic rings. The summed E-state index contributed by atoms with van der Waals surface area (Å²) in [5.74, 6) is 0.473. The van der Waals surface area contributed by atoms with Crippen LogP contribution in [0.15, 0.2) is 0 Å². The van der Waals surface area contributed by atoms with Crippen LogP contribution in [0.3, 0.4) is 0 Å². The number of piperidine rings is 2. The van der Waals surface area contributed by atoms with Gasteiger partial charge in [0, 0.05) is 63.8 Å². The van der Waals surface area contributed by atoms with Crippen LogP contribution >= 0.6 is 0 Å². The van der Waals surface area contributed by atoms with Crippen molar-refractivity contribution in [1.29, 1.82) is 0 Å². The Morgan fingerprint density at radius 2 is 1.71 bits per heavy atom. The number of hydrogen-bond acceptors (Lipinski definition) is 7. The normalized spacial score (nSPS) is 35.0. The van der Waals surface area contributed by atoms with Crippen molar-refractivity contribution in [3.63, 3.8) is 0 Å². The molecule has 0 aromatic carbocycles. The highest BCUT2D eigenvalue weighted by atomic mass is 16.2. The zero-order chi connectivity index (χ0) is 24.4. The minimum atomic E-state index is -0.0458. The molecular weight excluding hydrogens is 442 g/mol. The van der Waals surface area contributed by atoms with Crippen molar-refractivity contribution >= 4 is 11.8 Å². The highest BCUT2D eigenvalue weighted by molar-refractivity contribution is 5.83. The SMILES string of the molecule is CN1CCC(N2CCC3C2C(=O)NCC(CCC(=O)N2CCN(C4CCCCN4)CC2)N3C)CC1. The van der Waals surface area contributed by atoms with Crippen LogP contribution in [0.4, 0.5) is 0 Å². The number of hydrogen-bond donors (Lipinski definition) is 2. The first-order valence-corrected chi connectivity index (χ1v) is 14.2. The van der Waals surface area contributed by atoms with Crippen molar-refractivity contribution < 1.29 is 9.59 Å². The van der Waals surface area contributed by atoms with Gasteiger partial charge in [-0.15, -0.1) is 0 Å². The lowest BCUT2D eigenvalue weighted by Crippen LogP contribution is -2.57. The van der Waals surface area contributed by atoms with Gasteiger partial charge >= 0.3 is 0 Å². The number of nitrogens with zero attached hydrogens (tertiary/aromatic N) is 5. The van der Waals surface area contributed by atoms with E-state index in [0.717, 1.165) is 78.0 Å². The summed E-state index contributed by atoms with van der Waals surface area (Å²) in [6.07, 6.45) is 9.05. The first-order chi connectivity index (χ1) is 17.0. The van der Waals surface area contributed by atoms with Crippen molar-refractivity contribution in [2.24, 2.45) is 0 Å². The standard InChI is InChI=1S/C26H47N7O2/c1-29-12-8-20(9-13-29)33-14-10-22-25(33)26(35)28-19-21(30(22)2)6-7-24(34)32-17-15-31(16-18-32)23-5-3-4-11-27-23/h20-23,25,27H,3-19H2,1-2H3,(H,28,35). The topological polar surface area (TPSA) is 74.4 Å². The van der Waals surface area contributed by atoms with Gasteiger partial charge in [-0.25, -0.2) is 0 Å². The van der Waals surface area contributed by atoms with E-state index in [2.05, 4.69) is 49.2 Å². The lowest BCUT2D eigenvalue weighted by molar-refractivity contribution is -0.134. The Kier molecular flexibility index (Phi) is 8.29. The van der Waals surface area contributed by atoms with E-state index in [-0.39, 0.29) is 29.9 Å². The summed E-state index contributed by atoms with van der Waals surface area (Å²) in [5.41, 5.74) is 0. The minimum Gasteiger partial charge on any atom is -0.353 e. The minimum absolute atomic E-state index is 0.0458. The van der Waals surface area contributed by atoms with Gasteiger partial charge in [0.2, 0.25) is 11.8 Å². The Labute approximate surface area is 211 Å². The van der Waals surface area contributed by atoms with Gasteiger partial charge in [-0.1, -0.05) is 0 Å². The molecule has 9 heteroatoms. The molecule has 2 N–H and O–H groups in total. The third kappa shape index (κ3) is 5.69. The van der Waals surface area contributed by atoms with Crippen molar-refractivity contribution in [1.82, 2.24) is 35.1 Å². The first-order valence-electron chi connectivity index (χ1n) is 14.2. The Balaban J connectivity index is 1.11. The van der Waals surface area contributed by atoms with Crippen molar-refractivity contribution in [2.75, 3.05) is 73.0 Å². The van der Waals surface area contributed by atoms with E-state index in [1.165, 1.54) is 19.3 Å². The first kappa shape index (κ1) is 25.4. The summed E-state index contributed by atoms with van der Waals surface area (Å²) >= 11 is 0. The smallest absolute Gasteiger partial charge is 0.239 e. The fourth-order valence-electron chi connectivity index (χ4n) is 7.21. The predicted molar refractivity (Wildman–Crippen MR) is 137 cm³/mol. The van der Waals surface area contributed by atoms with Gasteiger partial charge in [-0.2, -0.15) is 0 Å². The van der Waals surface area contributed by atoms with Crippen LogP contribution in [0.5, 0.6) is 0 Å². The Morgan fingerprint density at radius 1 is 0.943 bits per heavy atom. The van der Waals surface area contributed by atoms with Crippen LogP contribution in [0, 0.1) is 0 Å². The van der Waals surface area contributed by atoms with E-state index in [4.69, 9.17) is 0 Å². The van der Waals surface area contributed by atoms with Gasteiger partial charge in [-0.3, -0.25) is 24.3 Å². The lowest BCUT2D eigenvalue weighted by Gasteiger charge is -2.41. The molecule has 5 heterocycles. The number of fused-ring (bicyclic) bond motifs is 1. The molecule has 0 bridgehead atoms. The van der Waals surface area contributed by atoms with Crippen molar-refractivity contribution in [2.45, 2.75) is 81.7 Å². The molecule has 2 amide bonds. The maximum Gasteiger partial charge on any atom is 0.239 e. The van der Waals surface area contributed by atoms with Crippen molar-refractivity contribution in [3.05, 3.63) is 0 Å². The summed E-state index contributed by atoms with van der Waals surface area (Å²) < 4.78 is 0. The number of nitrogens with one attached hydrogen (secondary N) is 2. The summed E-state index contributed by atoms with van der Waals surface area (Å²) in [6, 6.07) is 0.948. The van der Waals surface area contributed by atoms with E-state index in [1.807, 2.05) is 0 Å². The van der Waals surface area contributed by atoms with Crippen LogP contribution in [0.1, 0.15) is 51.4 Å². The zero-order valence-corrected chi connectivity index (χ0v) is 22.0. The quantitative estimate of drug-likeness (QED) is 0.562. The lowest BCUT2D eigenvalue weighted by atomic mass is 10.0. The molecule has 5 aliphatic rings. The second-order valence-electron chi connectivity index (χ2n) is 11.6. The van der Waals surface area contributed by atoms with Gasteiger partial charge in [0.15, 0.2) is 0 Å². The molecule has 0 aromatic heterocycles. The molecule has 0 radical (unpaired) electrons. The number of piperazine rings is 1. The second-order valence-corrected chi connectivity index (χ2v) is 11.6. The highest BCUT2D eigenvalue weighted by Crippen LogP contribution is 2.31. The van der Waals surface area contributed by atoms with Crippen molar-refractivity contribution in [3.8, 4) is 0 Å². The molecule has 4 atom stereocenters. The maximum atomic E-state index is 13.2.